The van der Waals surface area contributed by atoms with Crippen LogP contribution in [0, 0.1) is 17.7 Å². The zero-order valence-electron chi connectivity index (χ0n) is 32.5. The molecule has 2 unspecified atom stereocenters. The molecule has 0 radical (unpaired) electrons. The van der Waals surface area contributed by atoms with Crippen LogP contribution in [0.4, 0.5) is 17.6 Å². The van der Waals surface area contributed by atoms with Gasteiger partial charge in [0.1, 0.15) is 17.4 Å². The number of aryl methyl sites for hydroxylation is 1. The van der Waals surface area contributed by atoms with Crippen molar-refractivity contribution in [2.75, 3.05) is 39.4 Å². The lowest BCUT2D eigenvalue weighted by molar-refractivity contribution is -0.137. The average molecular weight is 787 g/mol. The first-order valence-corrected chi connectivity index (χ1v) is 19.6. The van der Waals surface area contributed by atoms with Crippen LogP contribution in [-0.2, 0) is 49.4 Å². The van der Waals surface area contributed by atoms with E-state index in [1.165, 1.54) is 24.3 Å². The van der Waals surface area contributed by atoms with Crippen molar-refractivity contribution >= 4 is 34.5 Å². The number of halogens is 4. The van der Waals surface area contributed by atoms with E-state index >= 15 is 0 Å². The van der Waals surface area contributed by atoms with Gasteiger partial charge in [0, 0.05) is 56.1 Å². The highest BCUT2D eigenvalue weighted by Gasteiger charge is 2.47. The minimum atomic E-state index is -4.63. The van der Waals surface area contributed by atoms with Gasteiger partial charge in [0.05, 0.1) is 30.7 Å². The molecule has 3 aromatic rings. The fourth-order valence-corrected chi connectivity index (χ4v) is 7.50. The molecule has 56 heavy (non-hydrogen) atoms. The molecule has 306 valence electrons. The summed E-state index contributed by atoms with van der Waals surface area (Å²) in [7, 11) is 0. The second kappa shape index (κ2) is 18.6. The molecule has 5 N–H and O–H groups in total. The highest BCUT2D eigenvalue weighted by molar-refractivity contribution is 5.97. The van der Waals surface area contributed by atoms with Gasteiger partial charge in [0.2, 0.25) is 23.6 Å². The second-order valence-corrected chi connectivity index (χ2v) is 15.2. The molecule has 5 rings (SSSR count). The number of fused-ring (bicyclic) bond motifs is 3. The molecule has 1 fully saturated rings. The number of alkyl halides is 3. The van der Waals surface area contributed by atoms with Gasteiger partial charge >= 0.3 is 6.18 Å². The van der Waals surface area contributed by atoms with Crippen molar-refractivity contribution < 1.29 is 41.5 Å². The normalized spacial score (nSPS) is 19.6. The lowest BCUT2D eigenvalue weighted by Gasteiger charge is -2.40. The Morgan fingerprint density at radius 2 is 1.66 bits per heavy atom. The molecule has 1 aliphatic carbocycles. The van der Waals surface area contributed by atoms with Gasteiger partial charge in [-0.2, -0.15) is 13.2 Å². The quantitative estimate of drug-likeness (QED) is 0.132. The Hall–Kier alpha value is -4.50. The van der Waals surface area contributed by atoms with Crippen molar-refractivity contribution in [3.63, 3.8) is 0 Å². The SMILES string of the molecule is CCC(C)[C@H](NC(=O)Cc1ccccc1F)C(=O)N[C@]1(C(=O)N[C@H](CNC(=O)CCN2CCOCC2)C(C)CC)CCc2[nH]c3c(C(F)(F)F)cccc3c2C1. The number of carbonyl (C=O) groups is 4. The van der Waals surface area contributed by atoms with E-state index in [1.807, 2.05) is 20.8 Å². The summed E-state index contributed by atoms with van der Waals surface area (Å²) in [4.78, 5) is 60.4. The van der Waals surface area contributed by atoms with Crippen molar-refractivity contribution in [1.29, 1.82) is 0 Å². The first-order valence-electron chi connectivity index (χ1n) is 19.6. The Morgan fingerprint density at radius 1 is 0.946 bits per heavy atom. The number of rotatable bonds is 16. The van der Waals surface area contributed by atoms with Crippen molar-refractivity contribution in [3.05, 3.63) is 70.7 Å². The molecule has 4 amide bonds. The summed E-state index contributed by atoms with van der Waals surface area (Å²) < 4.78 is 62.1. The fraction of sp³-hybridized carbons (Fsp3) is 0.561. The van der Waals surface area contributed by atoms with Gasteiger partial charge < -0.3 is 31.0 Å². The van der Waals surface area contributed by atoms with E-state index in [-0.39, 0.29) is 61.6 Å². The molecule has 1 saturated heterocycles. The van der Waals surface area contributed by atoms with Crippen LogP contribution in [0.25, 0.3) is 10.9 Å². The van der Waals surface area contributed by atoms with E-state index in [2.05, 4.69) is 31.2 Å². The lowest BCUT2D eigenvalue weighted by atomic mass is 9.78. The summed E-state index contributed by atoms with van der Waals surface area (Å²) >= 11 is 0. The number of carbonyl (C=O) groups excluding carboxylic acids is 4. The predicted octanol–water partition coefficient (Wildman–Crippen LogP) is 4.81. The molecule has 2 aromatic carbocycles. The topological polar surface area (TPSA) is 145 Å². The molecule has 2 aliphatic rings. The van der Waals surface area contributed by atoms with Crippen LogP contribution in [0.2, 0.25) is 0 Å². The molecule has 1 aromatic heterocycles. The molecule has 11 nitrogen and oxygen atoms in total. The molecule has 15 heteroatoms. The molecular formula is C41H54F4N6O5. The maximum atomic E-state index is 14.7. The Bertz CT molecular complexity index is 1860. The number of nitrogens with one attached hydrogen (secondary N) is 5. The van der Waals surface area contributed by atoms with Gasteiger partial charge in [-0.15, -0.1) is 0 Å². The average Bonchev–Trinajstić information content (AvgIpc) is 3.55. The molecule has 0 bridgehead atoms. The molecule has 2 heterocycles. The molecular weight excluding hydrogens is 732 g/mol. The van der Waals surface area contributed by atoms with Crippen LogP contribution >= 0.6 is 0 Å². The van der Waals surface area contributed by atoms with Crippen LogP contribution in [0.1, 0.15) is 75.8 Å². The van der Waals surface area contributed by atoms with E-state index in [4.69, 9.17) is 4.74 Å². The second-order valence-electron chi connectivity index (χ2n) is 15.2. The number of nitrogens with zero attached hydrogens (tertiary/aromatic N) is 1. The van der Waals surface area contributed by atoms with Gasteiger partial charge in [-0.05, 0) is 47.9 Å². The third-order valence-electron chi connectivity index (χ3n) is 11.5. The summed E-state index contributed by atoms with van der Waals surface area (Å²) in [6, 6.07) is 8.08. The number of H-pyrrole nitrogens is 1. The van der Waals surface area contributed by atoms with Crippen molar-refractivity contribution in [3.8, 4) is 0 Å². The van der Waals surface area contributed by atoms with Crippen molar-refractivity contribution in [2.24, 2.45) is 11.8 Å². The number of amides is 4. The van der Waals surface area contributed by atoms with E-state index in [0.29, 0.717) is 49.2 Å². The maximum absolute atomic E-state index is 14.7. The first kappa shape index (κ1) is 42.6. The number of benzene rings is 2. The van der Waals surface area contributed by atoms with Crippen LogP contribution in [0.3, 0.4) is 0 Å². The molecule has 1 aliphatic heterocycles. The largest absolute Gasteiger partial charge is 0.418 e. The minimum absolute atomic E-state index is 0.0429. The number of ether oxygens (including phenoxy) is 1. The van der Waals surface area contributed by atoms with Crippen LogP contribution in [0.15, 0.2) is 42.5 Å². The van der Waals surface area contributed by atoms with E-state index < -0.39 is 58.8 Å². The lowest BCUT2D eigenvalue weighted by Crippen LogP contribution is -2.66. The standard InChI is InChI=1S/C41H54F4N6O5/c1-5-25(3)33(24-46-34(52)15-17-51-18-20-56-21-19-51)48-39(55)40(16-14-32-29(23-40)28-11-9-12-30(37(28)47-32)41(43,44)45)50-38(54)36(26(4)6-2)49-35(53)22-27-10-7-8-13-31(27)42/h7-13,25-26,33,36,47H,5-6,14-24H2,1-4H3,(H,46,52)(H,48,55)(H,49,53)(H,50,54)/t25?,26?,33-,36+,40-/m1/s1. The molecule has 0 spiro atoms. The van der Waals surface area contributed by atoms with E-state index in [9.17, 15) is 36.7 Å². The fourth-order valence-electron chi connectivity index (χ4n) is 7.50. The Labute approximate surface area is 325 Å². The number of aromatic nitrogens is 1. The highest BCUT2D eigenvalue weighted by atomic mass is 19.4. The number of morpholine rings is 1. The zero-order valence-corrected chi connectivity index (χ0v) is 32.5. The van der Waals surface area contributed by atoms with Crippen molar-refractivity contribution in [1.82, 2.24) is 31.2 Å². The summed E-state index contributed by atoms with van der Waals surface area (Å²) in [6.07, 6.45) is -3.48. The smallest absolute Gasteiger partial charge is 0.379 e. The van der Waals surface area contributed by atoms with E-state index in [1.54, 1.807) is 19.1 Å². The zero-order chi connectivity index (χ0) is 40.6. The van der Waals surface area contributed by atoms with Gasteiger partial charge in [-0.3, -0.25) is 24.1 Å². The Kier molecular flexibility index (Phi) is 14.2. The Balaban J connectivity index is 1.42. The van der Waals surface area contributed by atoms with Crippen LogP contribution in [-0.4, -0.2) is 90.5 Å². The maximum Gasteiger partial charge on any atom is 0.418 e. The van der Waals surface area contributed by atoms with Gasteiger partial charge in [-0.1, -0.05) is 70.9 Å². The van der Waals surface area contributed by atoms with E-state index in [0.717, 1.165) is 19.2 Å². The highest BCUT2D eigenvalue weighted by Crippen LogP contribution is 2.40. The molecule has 5 atom stereocenters. The number of aromatic amines is 1. The summed E-state index contributed by atoms with van der Waals surface area (Å²) in [5.74, 6) is -3.01. The van der Waals surface area contributed by atoms with Gasteiger partial charge in [0.25, 0.3) is 0 Å². The van der Waals surface area contributed by atoms with Crippen molar-refractivity contribution in [2.45, 2.75) is 96.4 Å². The summed E-state index contributed by atoms with van der Waals surface area (Å²) in [5.41, 5.74) is -1.39. The number of hydrogen-bond donors (Lipinski definition) is 5. The van der Waals surface area contributed by atoms with Crippen LogP contribution in [0.5, 0.6) is 0 Å². The number of para-hydroxylation sites is 1. The minimum Gasteiger partial charge on any atom is -0.379 e. The monoisotopic (exact) mass is 786 g/mol. The van der Waals surface area contributed by atoms with Gasteiger partial charge in [-0.25, -0.2) is 4.39 Å². The van der Waals surface area contributed by atoms with Crippen LogP contribution < -0.4 is 21.3 Å². The third kappa shape index (κ3) is 10.3. The molecule has 0 saturated carbocycles. The summed E-state index contributed by atoms with van der Waals surface area (Å²) in [5, 5.41) is 12.1. The summed E-state index contributed by atoms with van der Waals surface area (Å²) in [6.45, 7) is 10.9. The third-order valence-corrected chi connectivity index (χ3v) is 11.5. The number of hydrogen-bond acceptors (Lipinski definition) is 6. The Morgan fingerprint density at radius 3 is 2.34 bits per heavy atom. The predicted molar refractivity (Wildman–Crippen MR) is 204 cm³/mol. The van der Waals surface area contributed by atoms with Gasteiger partial charge in [0.15, 0.2) is 0 Å². The first-order chi connectivity index (χ1) is 26.7.